The Labute approximate surface area is 102 Å². The molecule has 0 saturated heterocycles. The standard InChI is InChI=1S/C9H20O6P2/c1-6-13-16(10,12-5)9(4)17(11,14-7-2)15-8-3/h4,6-8H2,1-3,5H3. The van der Waals surface area contributed by atoms with Gasteiger partial charge in [0.15, 0.2) is 0 Å². The molecule has 0 aliphatic heterocycles. The molecule has 102 valence electrons. The van der Waals surface area contributed by atoms with E-state index in [-0.39, 0.29) is 24.9 Å². The Hall–Kier alpha value is 0.0400. The van der Waals surface area contributed by atoms with Crippen molar-refractivity contribution < 1.29 is 27.2 Å². The first kappa shape index (κ1) is 17.0. The third kappa shape index (κ3) is 4.32. The Morgan fingerprint density at radius 3 is 1.59 bits per heavy atom. The lowest BCUT2D eigenvalue weighted by molar-refractivity contribution is 0.221. The minimum atomic E-state index is -3.69. The molecule has 17 heavy (non-hydrogen) atoms. The van der Waals surface area contributed by atoms with Crippen LogP contribution in [-0.2, 0) is 27.2 Å². The molecule has 0 aromatic carbocycles. The molecule has 0 N–H and O–H groups in total. The Kier molecular flexibility index (Phi) is 7.49. The van der Waals surface area contributed by atoms with Gasteiger partial charge in [-0.05, 0) is 20.8 Å². The number of rotatable bonds is 9. The SMILES string of the molecule is C=C(P(=O)(OC)OCC)P(=O)(OCC)OCC. The Morgan fingerprint density at radius 2 is 1.29 bits per heavy atom. The van der Waals surface area contributed by atoms with E-state index in [1.807, 2.05) is 0 Å². The fourth-order valence-electron chi connectivity index (χ4n) is 1.08. The predicted molar refractivity (Wildman–Crippen MR) is 66.2 cm³/mol. The second-order valence-electron chi connectivity index (χ2n) is 2.85. The lowest BCUT2D eigenvalue weighted by atomic mass is 10.9. The van der Waals surface area contributed by atoms with Gasteiger partial charge in [0.05, 0.1) is 19.8 Å². The van der Waals surface area contributed by atoms with Gasteiger partial charge in [-0.1, -0.05) is 6.58 Å². The molecule has 0 aromatic heterocycles. The van der Waals surface area contributed by atoms with Crippen molar-refractivity contribution in [2.45, 2.75) is 20.8 Å². The van der Waals surface area contributed by atoms with E-state index in [1.165, 1.54) is 7.11 Å². The van der Waals surface area contributed by atoms with Crippen LogP contribution in [0.5, 0.6) is 0 Å². The zero-order valence-electron chi connectivity index (χ0n) is 10.7. The molecule has 0 aromatic rings. The molecule has 8 heteroatoms. The van der Waals surface area contributed by atoms with E-state index in [0.717, 1.165) is 0 Å². The first-order valence-corrected chi connectivity index (χ1v) is 8.38. The van der Waals surface area contributed by atoms with Crippen LogP contribution in [0, 0.1) is 0 Å². The highest BCUT2D eigenvalue weighted by Crippen LogP contribution is 2.72. The van der Waals surface area contributed by atoms with E-state index < -0.39 is 15.2 Å². The molecule has 0 radical (unpaired) electrons. The van der Waals surface area contributed by atoms with Crippen LogP contribution in [0.4, 0.5) is 0 Å². The fourth-order valence-corrected chi connectivity index (χ4v) is 4.90. The van der Waals surface area contributed by atoms with Crippen LogP contribution in [0.1, 0.15) is 20.8 Å². The van der Waals surface area contributed by atoms with Crippen molar-refractivity contribution in [1.82, 2.24) is 0 Å². The number of hydrogen-bond acceptors (Lipinski definition) is 6. The molecule has 0 aliphatic carbocycles. The van der Waals surface area contributed by atoms with E-state index in [4.69, 9.17) is 18.1 Å². The van der Waals surface area contributed by atoms with Gasteiger partial charge in [0, 0.05) is 7.11 Å². The maximum atomic E-state index is 12.3. The maximum absolute atomic E-state index is 12.3. The second kappa shape index (κ2) is 7.47. The van der Waals surface area contributed by atoms with Gasteiger partial charge in [0.1, 0.15) is 5.06 Å². The Bertz CT molecular complexity index is 330. The van der Waals surface area contributed by atoms with Gasteiger partial charge in [-0.25, -0.2) is 0 Å². The summed E-state index contributed by atoms with van der Waals surface area (Å²) in [5, 5.41) is -0.266. The molecule has 0 spiro atoms. The molecular formula is C9H20O6P2. The first-order chi connectivity index (χ1) is 7.90. The van der Waals surface area contributed by atoms with Gasteiger partial charge < -0.3 is 18.1 Å². The molecular weight excluding hydrogens is 266 g/mol. The van der Waals surface area contributed by atoms with Crippen molar-refractivity contribution in [3.63, 3.8) is 0 Å². The molecule has 0 saturated carbocycles. The molecule has 0 fully saturated rings. The first-order valence-electron chi connectivity index (χ1n) is 5.29. The normalized spacial score (nSPS) is 15.5. The van der Waals surface area contributed by atoms with Gasteiger partial charge in [0.2, 0.25) is 0 Å². The second-order valence-corrected chi connectivity index (χ2v) is 7.41. The highest BCUT2D eigenvalue weighted by molar-refractivity contribution is 7.78. The topological polar surface area (TPSA) is 71.1 Å². The summed E-state index contributed by atoms with van der Waals surface area (Å²) in [6, 6.07) is 0. The van der Waals surface area contributed by atoms with Gasteiger partial charge >= 0.3 is 15.2 Å². The van der Waals surface area contributed by atoms with Crippen molar-refractivity contribution in [1.29, 1.82) is 0 Å². The monoisotopic (exact) mass is 286 g/mol. The summed E-state index contributed by atoms with van der Waals surface area (Å²) in [5.74, 6) is 0. The summed E-state index contributed by atoms with van der Waals surface area (Å²) in [4.78, 5) is 0. The molecule has 0 aliphatic rings. The van der Waals surface area contributed by atoms with E-state index in [1.54, 1.807) is 20.8 Å². The molecule has 1 atom stereocenters. The zero-order chi connectivity index (χ0) is 13.5. The largest absolute Gasteiger partial charge is 0.368 e. The maximum Gasteiger partial charge on any atom is 0.368 e. The van der Waals surface area contributed by atoms with Crippen LogP contribution in [0.2, 0.25) is 0 Å². The van der Waals surface area contributed by atoms with Crippen molar-refractivity contribution in [3.8, 4) is 0 Å². The van der Waals surface area contributed by atoms with Crippen LogP contribution in [0.3, 0.4) is 0 Å². The van der Waals surface area contributed by atoms with Crippen molar-refractivity contribution in [3.05, 3.63) is 11.6 Å². The molecule has 1 unspecified atom stereocenters. The third-order valence-corrected chi connectivity index (χ3v) is 6.78. The summed E-state index contributed by atoms with van der Waals surface area (Å²) >= 11 is 0. The molecule has 0 amide bonds. The van der Waals surface area contributed by atoms with E-state index in [0.29, 0.717) is 0 Å². The summed E-state index contributed by atoms with van der Waals surface area (Å²) in [7, 11) is -6.17. The lowest BCUT2D eigenvalue weighted by Crippen LogP contribution is -2.02. The van der Waals surface area contributed by atoms with Crippen LogP contribution < -0.4 is 0 Å². The zero-order valence-corrected chi connectivity index (χ0v) is 12.5. The minimum Gasteiger partial charge on any atom is -0.308 e. The third-order valence-electron chi connectivity index (χ3n) is 1.77. The summed E-state index contributed by atoms with van der Waals surface area (Å²) in [6.45, 7) is 8.87. The van der Waals surface area contributed by atoms with Crippen molar-refractivity contribution >= 4 is 15.2 Å². The van der Waals surface area contributed by atoms with Gasteiger partial charge in [0.25, 0.3) is 0 Å². The van der Waals surface area contributed by atoms with Crippen molar-refractivity contribution in [2.75, 3.05) is 26.9 Å². The highest BCUT2D eigenvalue weighted by Gasteiger charge is 2.42. The van der Waals surface area contributed by atoms with E-state index in [2.05, 4.69) is 6.58 Å². The highest BCUT2D eigenvalue weighted by atomic mass is 31.2. The average Bonchev–Trinajstić information content (AvgIpc) is 2.29. The van der Waals surface area contributed by atoms with E-state index in [9.17, 15) is 9.13 Å². The van der Waals surface area contributed by atoms with Gasteiger partial charge in [-0.3, -0.25) is 9.13 Å². The molecule has 0 rings (SSSR count). The summed E-state index contributed by atoms with van der Waals surface area (Å²) < 4.78 is 44.3. The molecule has 0 heterocycles. The smallest absolute Gasteiger partial charge is 0.308 e. The summed E-state index contributed by atoms with van der Waals surface area (Å²) in [6.07, 6.45) is 0. The number of hydrogen-bond donors (Lipinski definition) is 0. The Morgan fingerprint density at radius 1 is 0.941 bits per heavy atom. The van der Waals surface area contributed by atoms with Crippen LogP contribution in [0.15, 0.2) is 11.6 Å². The van der Waals surface area contributed by atoms with E-state index >= 15 is 0 Å². The molecule has 6 nitrogen and oxygen atoms in total. The van der Waals surface area contributed by atoms with Crippen LogP contribution in [0.25, 0.3) is 0 Å². The fraction of sp³-hybridized carbons (Fsp3) is 0.778. The van der Waals surface area contributed by atoms with Gasteiger partial charge in [-0.2, -0.15) is 0 Å². The Balaban J connectivity index is 5.19. The average molecular weight is 286 g/mol. The quantitative estimate of drug-likeness (QED) is 0.603. The lowest BCUT2D eigenvalue weighted by Gasteiger charge is -2.23. The molecule has 0 bridgehead atoms. The van der Waals surface area contributed by atoms with Crippen LogP contribution in [-0.4, -0.2) is 26.9 Å². The van der Waals surface area contributed by atoms with Crippen LogP contribution >= 0.6 is 15.2 Å². The minimum absolute atomic E-state index is 0.141. The van der Waals surface area contributed by atoms with Crippen molar-refractivity contribution in [2.24, 2.45) is 0 Å². The summed E-state index contributed by atoms with van der Waals surface area (Å²) in [5.41, 5.74) is 0. The predicted octanol–water partition coefficient (Wildman–Crippen LogP) is 3.60. The van der Waals surface area contributed by atoms with Gasteiger partial charge in [-0.15, -0.1) is 0 Å².